The fourth-order valence-electron chi connectivity index (χ4n) is 7.87. The van der Waals surface area contributed by atoms with Gasteiger partial charge in [0, 0.05) is 56.1 Å². The Kier molecular flexibility index (Phi) is 12.4. The summed E-state index contributed by atoms with van der Waals surface area (Å²) in [5.74, 6) is -1.00. The monoisotopic (exact) mass is 841 g/mol. The van der Waals surface area contributed by atoms with Crippen LogP contribution in [0.25, 0.3) is 0 Å². The van der Waals surface area contributed by atoms with Gasteiger partial charge in [0.05, 0.1) is 31.2 Å². The molecule has 4 aromatic rings. The Labute approximate surface area is 343 Å². The highest BCUT2D eigenvalue weighted by Crippen LogP contribution is 2.47. The molecule has 1 amide bonds. The number of anilines is 2. The number of hydrogen-bond donors (Lipinski definition) is 0. The topological polar surface area (TPSA) is 114 Å². The number of carbonyl (C=O) groups excluding carboxylic acids is 1. The molecule has 1 saturated heterocycles. The molecular formula is C43H51F4N5O6S. The van der Waals surface area contributed by atoms with E-state index in [0.717, 1.165) is 23.4 Å². The molecule has 0 bridgehead atoms. The molecule has 2 unspecified atom stereocenters. The minimum atomic E-state index is -4.90. The van der Waals surface area contributed by atoms with Gasteiger partial charge in [-0.05, 0) is 99.9 Å². The average Bonchev–Trinajstić information content (AvgIpc) is 3.16. The molecule has 6 rings (SSSR count). The number of aromatic nitrogens is 2. The number of methoxy groups -OCH3 is 2. The van der Waals surface area contributed by atoms with E-state index >= 15 is 4.39 Å². The number of hydrogen-bond acceptors (Lipinski definition) is 10. The zero-order chi connectivity index (χ0) is 43.0. The van der Waals surface area contributed by atoms with Gasteiger partial charge >= 0.3 is 12.3 Å². The van der Waals surface area contributed by atoms with Crippen LogP contribution in [0.3, 0.4) is 0 Å². The molecule has 0 radical (unpaired) electrons. The van der Waals surface area contributed by atoms with E-state index in [0.29, 0.717) is 22.9 Å². The number of carbonyl (C=O) groups is 1. The van der Waals surface area contributed by atoms with Crippen LogP contribution in [0.15, 0.2) is 65.8 Å². The Morgan fingerprint density at radius 2 is 1.44 bits per heavy atom. The largest absolute Gasteiger partial charge is 0.497 e. The van der Waals surface area contributed by atoms with Gasteiger partial charge in [-0.2, -0.15) is 13.2 Å². The van der Waals surface area contributed by atoms with E-state index in [9.17, 15) is 26.4 Å². The normalized spacial score (nSPS) is 18.6. The van der Waals surface area contributed by atoms with Crippen molar-refractivity contribution >= 4 is 27.4 Å². The van der Waals surface area contributed by atoms with Crippen LogP contribution in [-0.4, -0.2) is 81.1 Å². The van der Waals surface area contributed by atoms with E-state index in [1.807, 2.05) is 36.1 Å². The molecule has 318 valence electrons. The number of sulfone groups is 1. The predicted molar refractivity (Wildman–Crippen MR) is 216 cm³/mol. The number of alkyl halides is 3. The van der Waals surface area contributed by atoms with Gasteiger partial charge in [0.25, 0.3) is 0 Å². The van der Waals surface area contributed by atoms with E-state index in [4.69, 9.17) is 14.2 Å². The first-order chi connectivity index (χ1) is 27.7. The summed E-state index contributed by atoms with van der Waals surface area (Å²) in [5.41, 5.74) is 0.0694. The third kappa shape index (κ3) is 9.85. The maximum absolute atomic E-state index is 17.4. The summed E-state index contributed by atoms with van der Waals surface area (Å²) in [6, 6.07) is 16.1. The number of amides is 1. The van der Waals surface area contributed by atoms with Crippen molar-refractivity contribution in [2.75, 3.05) is 49.9 Å². The average molecular weight is 842 g/mol. The number of nitrogens with zero attached hydrogens (tertiary/aromatic N) is 5. The zero-order valence-corrected chi connectivity index (χ0v) is 35.4. The molecule has 2 aliphatic rings. The first kappa shape index (κ1) is 43.5. The third-order valence-electron chi connectivity index (χ3n) is 10.8. The Hall–Kier alpha value is -5.12. The van der Waals surface area contributed by atoms with Crippen LogP contribution >= 0.6 is 0 Å². The molecular weight excluding hydrogens is 791 g/mol. The van der Waals surface area contributed by atoms with Gasteiger partial charge in [0.15, 0.2) is 5.82 Å². The SMILES string of the molecule is COc1ccc(CN(Cc2ccc(OC)cc2)c2ccc(C(F)(F)F)c(C3Cc4nc(S(C)(=O)=O)nc(N5CCN(C(=O)OC(C)(C)C)C[C@@H]5C)c4CC3C)c2F)cc1. The Morgan fingerprint density at radius 1 is 0.864 bits per heavy atom. The van der Waals surface area contributed by atoms with Gasteiger partial charge in [0.2, 0.25) is 15.0 Å². The van der Waals surface area contributed by atoms with Crippen molar-refractivity contribution < 1.29 is 45.0 Å². The first-order valence-corrected chi connectivity index (χ1v) is 21.3. The van der Waals surface area contributed by atoms with Gasteiger partial charge in [-0.15, -0.1) is 0 Å². The number of piperazine rings is 1. The van der Waals surface area contributed by atoms with E-state index in [-0.39, 0.29) is 63.0 Å². The van der Waals surface area contributed by atoms with Crippen molar-refractivity contribution in [1.82, 2.24) is 14.9 Å². The van der Waals surface area contributed by atoms with Gasteiger partial charge in [-0.1, -0.05) is 31.2 Å². The van der Waals surface area contributed by atoms with Crippen molar-refractivity contribution in [2.24, 2.45) is 5.92 Å². The number of halogens is 4. The maximum atomic E-state index is 17.4. The highest BCUT2D eigenvalue weighted by molar-refractivity contribution is 7.90. The summed E-state index contributed by atoms with van der Waals surface area (Å²) >= 11 is 0. The minimum absolute atomic E-state index is 0.0190. The lowest BCUT2D eigenvalue weighted by atomic mass is 9.73. The Morgan fingerprint density at radius 3 is 1.93 bits per heavy atom. The lowest BCUT2D eigenvalue weighted by Crippen LogP contribution is -2.55. The summed E-state index contributed by atoms with van der Waals surface area (Å²) in [7, 11) is -0.909. The van der Waals surface area contributed by atoms with Crippen molar-refractivity contribution in [3.05, 3.63) is 100.0 Å². The van der Waals surface area contributed by atoms with Gasteiger partial charge < -0.3 is 28.9 Å². The van der Waals surface area contributed by atoms with Crippen LogP contribution in [0, 0.1) is 11.7 Å². The molecule has 1 aromatic heterocycles. The second-order valence-corrected chi connectivity index (χ2v) is 18.3. The van der Waals surface area contributed by atoms with Crippen LogP contribution in [0.1, 0.15) is 74.0 Å². The van der Waals surface area contributed by atoms with Gasteiger partial charge in [-0.25, -0.2) is 27.6 Å². The smallest absolute Gasteiger partial charge is 0.416 e. The second kappa shape index (κ2) is 16.9. The number of benzene rings is 3. The molecule has 1 fully saturated rings. The summed E-state index contributed by atoms with van der Waals surface area (Å²) in [6.07, 6.45) is -4.42. The highest BCUT2D eigenvalue weighted by Gasteiger charge is 2.43. The zero-order valence-electron chi connectivity index (χ0n) is 34.6. The molecule has 1 aliphatic carbocycles. The molecule has 0 N–H and O–H groups in total. The fraction of sp³-hybridized carbons (Fsp3) is 0.465. The molecule has 11 nitrogen and oxygen atoms in total. The Bertz CT molecular complexity index is 2220. The number of rotatable bonds is 10. The molecule has 1 aliphatic heterocycles. The summed E-state index contributed by atoms with van der Waals surface area (Å²) in [5, 5.41) is -0.475. The molecule has 0 saturated carbocycles. The minimum Gasteiger partial charge on any atom is -0.497 e. The Balaban J connectivity index is 1.42. The van der Waals surface area contributed by atoms with E-state index in [1.165, 1.54) is 6.07 Å². The summed E-state index contributed by atoms with van der Waals surface area (Å²) < 4.78 is 105. The third-order valence-corrected chi connectivity index (χ3v) is 11.6. The number of ether oxygens (including phenoxy) is 3. The van der Waals surface area contributed by atoms with E-state index in [2.05, 4.69) is 9.97 Å². The molecule has 0 spiro atoms. The fourth-order valence-corrected chi connectivity index (χ4v) is 8.39. The first-order valence-electron chi connectivity index (χ1n) is 19.4. The van der Waals surface area contributed by atoms with Crippen LogP contribution < -0.4 is 19.3 Å². The lowest BCUT2D eigenvalue weighted by molar-refractivity contribution is -0.138. The van der Waals surface area contributed by atoms with Crippen molar-refractivity contribution in [3.8, 4) is 11.5 Å². The molecule has 2 heterocycles. The predicted octanol–water partition coefficient (Wildman–Crippen LogP) is 8.23. The maximum Gasteiger partial charge on any atom is 0.416 e. The quantitative estimate of drug-likeness (QED) is 0.114. The van der Waals surface area contributed by atoms with Crippen LogP contribution in [-0.2, 0) is 46.7 Å². The second-order valence-electron chi connectivity index (χ2n) is 16.4. The summed E-state index contributed by atoms with van der Waals surface area (Å²) in [6.45, 7) is 10.1. The van der Waals surface area contributed by atoms with Crippen molar-refractivity contribution in [2.45, 2.75) is 89.4 Å². The lowest BCUT2D eigenvalue weighted by Gasteiger charge is -2.42. The van der Waals surface area contributed by atoms with Crippen LogP contribution in [0.5, 0.6) is 11.5 Å². The van der Waals surface area contributed by atoms with Crippen molar-refractivity contribution in [3.63, 3.8) is 0 Å². The van der Waals surface area contributed by atoms with Gasteiger partial charge in [0.1, 0.15) is 22.9 Å². The summed E-state index contributed by atoms with van der Waals surface area (Å²) in [4.78, 5) is 27.1. The van der Waals surface area contributed by atoms with Crippen molar-refractivity contribution in [1.29, 1.82) is 0 Å². The van der Waals surface area contributed by atoms with Crippen LogP contribution in [0.2, 0.25) is 0 Å². The van der Waals surface area contributed by atoms with Gasteiger partial charge in [-0.3, -0.25) is 0 Å². The van der Waals surface area contributed by atoms with Crippen LogP contribution in [0.4, 0.5) is 33.9 Å². The van der Waals surface area contributed by atoms with E-state index in [1.54, 1.807) is 76.0 Å². The standard InChI is InChI=1S/C43H51F4N5O6S/c1-26-21-33-35(48-40(59(8,54)55)49-39(33)52-20-19-50(23-27(52)2)41(53)58-42(3,4)5)22-32(26)37-34(43(45,46)47)17-18-36(38(37)44)51(24-28-9-13-30(56-6)14-10-28)25-29-11-15-31(57-7)16-12-29/h9-18,26-27,32H,19-25H2,1-8H3/t26?,27-,32?/m0/s1. The molecule has 3 aromatic carbocycles. The highest BCUT2D eigenvalue weighted by atomic mass is 32.2. The number of fused-ring (bicyclic) bond motifs is 1. The molecule has 16 heteroatoms. The molecule has 3 atom stereocenters. The molecule has 59 heavy (non-hydrogen) atoms. The van der Waals surface area contributed by atoms with E-state index < -0.39 is 61.6 Å².